The lowest BCUT2D eigenvalue weighted by molar-refractivity contribution is 0.0600. The molecule has 0 saturated carbocycles. The Kier molecular flexibility index (Phi) is 5.94. The molecule has 1 aromatic carbocycles. The molecular formula is C16H18ClN3O4. The zero-order chi connectivity index (χ0) is 17.7. The highest BCUT2D eigenvalue weighted by Gasteiger charge is 2.17. The van der Waals surface area contributed by atoms with Crippen LogP contribution in [0.3, 0.4) is 0 Å². The summed E-state index contributed by atoms with van der Waals surface area (Å²) < 4.78 is 10.8. The number of aromatic nitrogens is 2. The average Bonchev–Trinajstić information content (AvgIpc) is 2.59. The summed E-state index contributed by atoms with van der Waals surface area (Å²) in [5.41, 5.74) is 0.382. The number of halogens is 1. The first-order chi connectivity index (χ1) is 11.5. The van der Waals surface area contributed by atoms with E-state index in [0.717, 1.165) is 4.68 Å². The lowest BCUT2D eigenvalue weighted by Gasteiger charge is -2.16. The highest BCUT2D eigenvalue weighted by atomic mass is 35.5. The number of hydrogen-bond donors (Lipinski definition) is 1. The number of methoxy groups -OCH3 is 2. The van der Waals surface area contributed by atoms with E-state index in [1.54, 1.807) is 31.4 Å². The van der Waals surface area contributed by atoms with Gasteiger partial charge in [-0.15, -0.1) is 0 Å². The largest absolute Gasteiger partial charge is 0.465 e. The number of ether oxygens (including phenoxy) is 2. The molecule has 0 amide bonds. The van der Waals surface area contributed by atoms with Crippen LogP contribution in [0.4, 0.5) is 5.69 Å². The second-order valence-electron chi connectivity index (χ2n) is 5.10. The number of para-hydroxylation sites is 1. The molecule has 128 valence electrons. The van der Waals surface area contributed by atoms with Crippen molar-refractivity contribution in [2.24, 2.45) is 0 Å². The third-order valence-corrected chi connectivity index (χ3v) is 3.64. The van der Waals surface area contributed by atoms with Crippen LogP contribution in [0.5, 0.6) is 0 Å². The van der Waals surface area contributed by atoms with Gasteiger partial charge in [0, 0.05) is 13.2 Å². The van der Waals surface area contributed by atoms with Crippen molar-refractivity contribution < 1.29 is 14.3 Å². The Morgan fingerprint density at radius 1 is 1.38 bits per heavy atom. The van der Waals surface area contributed by atoms with Gasteiger partial charge < -0.3 is 14.8 Å². The molecule has 0 aliphatic carbocycles. The highest BCUT2D eigenvalue weighted by Crippen LogP contribution is 2.19. The molecule has 0 aliphatic rings. The predicted molar refractivity (Wildman–Crippen MR) is 91.1 cm³/mol. The summed E-state index contributed by atoms with van der Waals surface area (Å²) in [4.78, 5) is 24.4. The second-order valence-corrected chi connectivity index (χ2v) is 5.48. The van der Waals surface area contributed by atoms with Gasteiger partial charge in [0.25, 0.3) is 5.56 Å². The zero-order valence-corrected chi connectivity index (χ0v) is 14.3. The molecule has 0 fully saturated rings. The van der Waals surface area contributed by atoms with Gasteiger partial charge in [0.15, 0.2) is 0 Å². The third-order valence-electron chi connectivity index (χ3n) is 3.28. The summed E-state index contributed by atoms with van der Waals surface area (Å²) >= 11 is 6.17. The third kappa shape index (κ3) is 3.74. The second kappa shape index (κ2) is 7.94. The Morgan fingerprint density at radius 2 is 2.08 bits per heavy atom. The van der Waals surface area contributed by atoms with Gasteiger partial charge in [-0.25, -0.2) is 4.79 Å². The number of benzene rings is 1. The molecule has 0 saturated heterocycles. The van der Waals surface area contributed by atoms with E-state index in [-0.39, 0.29) is 16.6 Å². The van der Waals surface area contributed by atoms with Gasteiger partial charge >= 0.3 is 5.97 Å². The van der Waals surface area contributed by atoms with E-state index in [0.29, 0.717) is 18.0 Å². The fraction of sp³-hybridized carbons (Fsp3) is 0.312. The van der Waals surface area contributed by atoms with Crippen molar-refractivity contribution in [3.05, 3.63) is 51.4 Å². The van der Waals surface area contributed by atoms with Crippen LogP contribution in [0.1, 0.15) is 17.3 Å². The lowest BCUT2D eigenvalue weighted by Crippen LogP contribution is -2.27. The Hall–Kier alpha value is -2.38. The molecule has 7 nitrogen and oxygen atoms in total. The molecule has 0 aliphatic heterocycles. The maximum Gasteiger partial charge on any atom is 0.340 e. The first kappa shape index (κ1) is 18.0. The van der Waals surface area contributed by atoms with Gasteiger partial charge in [0.05, 0.1) is 36.9 Å². The minimum Gasteiger partial charge on any atom is -0.465 e. The predicted octanol–water partition coefficient (Wildman–Crippen LogP) is 2.12. The Labute approximate surface area is 144 Å². The van der Waals surface area contributed by atoms with Crippen molar-refractivity contribution in [2.75, 3.05) is 26.1 Å². The van der Waals surface area contributed by atoms with Crippen molar-refractivity contribution in [3.63, 3.8) is 0 Å². The zero-order valence-electron chi connectivity index (χ0n) is 13.6. The van der Waals surface area contributed by atoms with Crippen molar-refractivity contribution >= 4 is 23.3 Å². The maximum atomic E-state index is 12.5. The fourth-order valence-electron chi connectivity index (χ4n) is 2.20. The van der Waals surface area contributed by atoms with Gasteiger partial charge in [-0.3, -0.25) is 4.79 Å². The van der Waals surface area contributed by atoms with E-state index < -0.39 is 11.5 Å². The van der Waals surface area contributed by atoms with Crippen LogP contribution in [0.2, 0.25) is 5.02 Å². The summed E-state index contributed by atoms with van der Waals surface area (Å²) in [5, 5.41) is 7.14. The lowest BCUT2D eigenvalue weighted by atomic mass is 10.2. The molecule has 1 N–H and O–H groups in total. The van der Waals surface area contributed by atoms with E-state index in [4.69, 9.17) is 21.1 Å². The molecule has 0 bridgehead atoms. The van der Waals surface area contributed by atoms with E-state index in [9.17, 15) is 9.59 Å². The van der Waals surface area contributed by atoms with Gasteiger partial charge in [-0.05, 0) is 19.1 Å². The van der Waals surface area contributed by atoms with E-state index >= 15 is 0 Å². The SMILES string of the molecule is COCC(C)Nc1cnn(-c2ccccc2C(=O)OC)c(=O)c1Cl. The van der Waals surface area contributed by atoms with E-state index in [1.807, 2.05) is 6.92 Å². The number of esters is 1. The van der Waals surface area contributed by atoms with Gasteiger partial charge in [0.2, 0.25) is 0 Å². The number of carbonyl (C=O) groups excluding carboxylic acids is 1. The van der Waals surface area contributed by atoms with Crippen LogP contribution in [-0.2, 0) is 9.47 Å². The highest BCUT2D eigenvalue weighted by molar-refractivity contribution is 6.33. The number of nitrogens with one attached hydrogen (secondary N) is 1. The topological polar surface area (TPSA) is 82.4 Å². The van der Waals surface area contributed by atoms with Crippen LogP contribution < -0.4 is 10.9 Å². The average molecular weight is 352 g/mol. The molecule has 0 spiro atoms. The summed E-state index contributed by atoms with van der Waals surface area (Å²) in [5.74, 6) is -0.564. The van der Waals surface area contributed by atoms with Crippen molar-refractivity contribution in [3.8, 4) is 5.69 Å². The number of rotatable bonds is 6. The molecule has 2 aromatic rings. The number of anilines is 1. The first-order valence-corrected chi connectivity index (χ1v) is 7.58. The molecular weight excluding hydrogens is 334 g/mol. The van der Waals surface area contributed by atoms with Crippen LogP contribution in [0.15, 0.2) is 35.3 Å². The molecule has 0 radical (unpaired) electrons. The van der Waals surface area contributed by atoms with Gasteiger partial charge in [-0.1, -0.05) is 23.7 Å². The summed E-state index contributed by atoms with van der Waals surface area (Å²) in [6, 6.07) is 6.46. The Bertz CT molecular complexity index is 791. The van der Waals surface area contributed by atoms with Crippen LogP contribution in [0.25, 0.3) is 5.69 Å². The normalized spacial score (nSPS) is 11.8. The number of nitrogens with zero attached hydrogens (tertiary/aromatic N) is 2. The molecule has 1 heterocycles. The Morgan fingerprint density at radius 3 is 2.75 bits per heavy atom. The summed E-state index contributed by atoms with van der Waals surface area (Å²) in [6.07, 6.45) is 1.43. The van der Waals surface area contributed by atoms with Crippen molar-refractivity contribution in [1.82, 2.24) is 9.78 Å². The van der Waals surface area contributed by atoms with Crippen molar-refractivity contribution in [2.45, 2.75) is 13.0 Å². The maximum absolute atomic E-state index is 12.5. The molecule has 1 aromatic heterocycles. The molecule has 1 atom stereocenters. The Balaban J connectivity index is 2.46. The van der Waals surface area contributed by atoms with Crippen LogP contribution in [-0.4, -0.2) is 42.6 Å². The van der Waals surface area contributed by atoms with E-state index in [1.165, 1.54) is 13.3 Å². The summed E-state index contributed by atoms with van der Waals surface area (Å²) in [7, 11) is 2.85. The molecule has 8 heteroatoms. The quantitative estimate of drug-likeness (QED) is 0.803. The van der Waals surface area contributed by atoms with Crippen LogP contribution >= 0.6 is 11.6 Å². The minimum atomic E-state index is -0.564. The molecule has 1 unspecified atom stereocenters. The molecule has 2 rings (SSSR count). The van der Waals surface area contributed by atoms with Crippen LogP contribution in [0, 0.1) is 0 Å². The molecule has 24 heavy (non-hydrogen) atoms. The monoisotopic (exact) mass is 351 g/mol. The van der Waals surface area contributed by atoms with E-state index in [2.05, 4.69) is 10.4 Å². The van der Waals surface area contributed by atoms with Gasteiger partial charge in [-0.2, -0.15) is 9.78 Å². The minimum absolute atomic E-state index is 0.0207. The number of hydrogen-bond acceptors (Lipinski definition) is 6. The standard InChI is InChI=1S/C16H18ClN3O4/c1-10(9-23-2)19-12-8-18-20(15(21)14(12)17)13-7-5-4-6-11(13)16(22)24-3/h4-8,10,19H,9H2,1-3H3. The summed E-state index contributed by atoms with van der Waals surface area (Å²) in [6.45, 7) is 2.34. The number of carbonyl (C=O) groups is 1. The van der Waals surface area contributed by atoms with Gasteiger partial charge in [0.1, 0.15) is 5.02 Å². The first-order valence-electron chi connectivity index (χ1n) is 7.20. The smallest absolute Gasteiger partial charge is 0.340 e. The fourth-order valence-corrected chi connectivity index (χ4v) is 2.39. The van der Waals surface area contributed by atoms with Crippen molar-refractivity contribution in [1.29, 1.82) is 0 Å².